The van der Waals surface area contributed by atoms with E-state index in [1.165, 1.54) is 0 Å². The molecule has 1 aromatic rings. The number of benzene rings is 1. The molecule has 0 bridgehead atoms. The van der Waals surface area contributed by atoms with Crippen molar-refractivity contribution < 1.29 is 9.59 Å². The fraction of sp³-hybridized carbons (Fsp3) is 0.438. The predicted octanol–water partition coefficient (Wildman–Crippen LogP) is 2.90. The zero-order valence-corrected chi connectivity index (χ0v) is 13.2. The van der Waals surface area contributed by atoms with Crippen LogP contribution in [0.2, 0.25) is 0 Å². The van der Waals surface area contributed by atoms with Crippen LogP contribution in [-0.2, 0) is 4.79 Å². The number of Topliss-reactive ketones (excluding diaryl/α,β-unsaturated/α-hetero) is 1. The van der Waals surface area contributed by atoms with Crippen LogP contribution in [0.1, 0.15) is 42.5 Å². The summed E-state index contributed by atoms with van der Waals surface area (Å²) in [5.41, 5.74) is 0.991. The van der Waals surface area contributed by atoms with E-state index < -0.39 is 0 Å². The van der Waals surface area contributed by atoms with Crippen molar-refractivity contribution in [1.29, 1.82) is 0 Å². The number of nitrogens with zero attached hydrogens (tertiary/aromatic N) is 1. The second-order valence-electron chi connectivity index (χ2n) is 5.61. The van der Waals surface area contributed by atoms with Crippen molar-refractivity contribution in [2.45, 2.75) is 44.2 Å². The van der Waals surface area contributed by atoms with E-state index in [1.54, 1.807) is 12.1 Å². The molecule has 1 aromatic carbocycles. The third-order valence-electron chi connectivity index (χ3n) is 4.12. The molecule has 0 spiro atoms. The monoisotopic (exact) mass is 348 g/mol. The van der Waals surface area contributed by atoms with Gasteiger partial charge >= 0.3 is 0 Å². The van der Waals surface area contributed by atoms with Gasteiger partial charge in [-0.05, 0) is 25.0 Å². The maximum atomic E-state index is 12.3. The van der Waals surface area contributed by atoms with E-state index >= 15 is 0 Å². The molecule has 2 aliphatic rings. The van der Waals surface area contributed by atoms with Gasteiger partial charge in [0, 0.05) is 10.0 Å². The Kier molecular flexibility index (Phi) is 4.19. The third-order valence-corrected chi connectivity index (χ3v) is 4.65. The normalized spacial score (nSPS) is 24.8. The Morgan fingerprint density at radius 1 is 1.24 bits per heavy atom. The first-order valence-corrected chi connectivity index (χ1v) is 8.09. The van der Waals surface area contributed by atoms with E-state index in [0.717, 1.165) is 30.2 Å². The number of nitrogens with one attached hydrogen (secondary N) is 1. The highest BCUT2D eigenvalue weighted by molar-refractivity contribution is 9.10. The number of amides is 1. The summed E-state index contributed by atoms with van der Waals surface area (Å²) in [4.78, 5) is 28.9. The molecule has 0 unspecified atom stereocenters. The largest absolute Gasteiger partial charge is 0.346 e. The van der Waals surface area contributed by atoms with Crippen LogP contribution in [-0.4, -0.2) is 29.5 Å². The number of halogens is 1. The summed E-state index contributed by atoms with van der Waals surface area (Å²) >= 11 is 3.34. The number of aliphatic imine (C=N–C) groups is 1. The molecule has 2 atom stereocenters. The maximum Gasteiger partial charge on any atom is 0.265 e. The second kappa shape index (κ2) is 6.10. The van der Waals surface area contributed by atoms with Gasteiger partial charge in [-0.25, -0.2) is 0 Å². The fourth-order valence-corrected chi connectivity index (χ4v) is 3.22. The topological polar surface area (TPSA) is 58.5 Å². The van der Waals surface area contributed by atoms with Gasteiger partial charge in [0.15, 0.2) is 5.78 Å². The molecular weight excluding hydrogens is 332 g/mol. The first kappa shape index (κ1) is 14.4. The Morgan fingerprint density at radius 2 is 1.95 bits per heavy atom. The molecule has 0 aromatic heterocycles. The number of hydrogen-bond donors (Lipinski definition) is 1. The molecule has 5 heteroatoms. The average molecular weight is 349 g/mol. The van der Waals surface area contributed by atoms with Crippen LogP contribution in [0.4, 0.5) is 0 Å². The summed E-state index contributed by atoms with van der Waals surface area (Å²) in [6.07, 6.45) is 4.37. The number of hydrogen-bond acceptors (Lipinski definition) is 3. The molecule has 1 aliphatic heterocycles. The standard InChI is InChI=1S/C16H17BrN2O2/c17-11-7-5-10(6-8-11)15(20)9-14-16(21)19-13-4-2-1-3-12(13)18-14/h5-8,12-13H,1-4,9H2,(H,19,21)/t12-,13-/m0/s1. The number of carbonyl (C=O) groups excluding carboxylic acids is 2. The highest BCUT2D eigenvalue weighted by atomic mass is 79.9. The summed E-state index contributed by atoms with van der Waals surface area (Å²) in [6, 6.07) is 7.50. The molecule has 110 valence electrons. The van der Waals surface area contributed by atoms with Gasteiger partial charge in [0.1, 0.15) is 5.71 Å². The van der Waals surface area contributed by atoms with Crippen molar-refractivity contribution in [2.24, 2.45) is 4.99 Å². The zero-order valence-electron chi connectivity index (χ0n) is 11.6. The van der Waals surface area contributed by atoms with Crippen molar-refractivity contribution in [3.05, 3.63) is 34.3 Å². The van der Waals surface area contributed by atoms with E-state index in [1.807, 2.05) is 12.1 Å². The number of fused-ring (bicyclic) bond motifs is 1. The highest BCUT2D eigenvalue weighted by Gasteiger charge is 2.33. The van der Waals surface area contributed by atoms with Gasteiger partial charge in [0.25, 0.3) is 5.91 Å². The third kappa shape index (κ3) is 3.23. The Hall–Kier alpha value is -1.49. The molecule has 1 saturated carbocycles. The van der Waals surface area contributed by atoms with Gasteiger partial charge in [-0.1, -0.05) is 40.9 Å². The minimum atomic E-state index is -0.177. The first-order chi connectivity index (χ1) is 10.1. The lowest BCUT2D eigenvalue weighted by molar-refractivity contribution is -0.116. The van der Waals surface area contributed by atoms with Gasteiger partial charge in [0.2, 0.25) is 0 Å². The van der Waals surface area contributed by atoms with Crippen molar-refractivity contribution in [2.75, 3.05) is 0 Å². The van der Waals surface area contributed by atoms with Gasteiger partial charge in [-0.2, -0.15) is 0 Å². The zero-order chi connectivity index (χ0) is 14.8. The average Bonchev–Trinajstić information content (AvgIpc) is 2.48. The lowest BCUT2D eigenvalue weighted by Crippen LogP contribution is -2.51. The number of ketones is 1. The SMILES string of the molecule is O=C1N[C@H]2CCCC[C@@H]2N=C1CC(=O)c1ccc(Br)cc1. The van der Waals surface area contributed by atoms with E-state index in [9.17, 15) is 9.59 Å². The smallest absolute Gasteiger partial charge is 0.265 e. The highest BCUT2D eigenvalue weighted by Crippen LogP contribution is 2.24. The van der Waals surface area contributed by atoms with Crippen molar-refractivity contribution in [1.82, 2.24) is 5.32 Å². The second-order valence-corrected chi connectivity index (χ2v) is 6.53. The Labute approximate surface area is 132 Å². The molecule has 0 radical (unpaired) electrons. The van der Waals surface area contributed by atoms with E-state index in [-0.39, 0.29) is 30.2 Å². The quantitative estimate of drug-likeness (QED) is 0.853. The Morgan fingerprint density at radius 3 is 2.71 bits per heavy atom. The number of carbonyl (C=O) groups is 2. The molecule has 1 N–H and O–H groups in total. The summed E-state index contributed by atoms with van der Waals surface area (Å²) in [5, 5.41) is 3.00. The van der Waals surface area contributed by atoms with Crippen molar-refractivity contribution in [3.8, 4) is 0 Å². The molecule has 1 aliphatic carbocycles. The van der Waals surface area contributed by atoms with Crippen molar-refractivity contribution >= 4 is 33.3 Å². The molecule has 21 heavy (non-hydrogen) atoms. The van der Waals surface area contributed by atoms with Gasteiger partial charge in [-0.15, -0.1) is 0 Å². The summed E-state index contributed by atoms with van der Waals surface area (Å²) in [7, 11) is 0. The molecular formula is C16H17BrN2O2. The van der Waals surface area contributed by atoms with Gasteiger partial charge in [-0.3, -0.25) is 14.6 Å². The van der Waals surface area contributed by atoms with Crippen LogP contribution < -0.4 is 5.32 Å². The lowest BCUT2D eigenvalue weighted by Gasteiger charge is -2.33. The lowest BCUT2D eigenvalue weighted by atomic mass is 9.88. The maximum absolute atomic E-state index is 12.3. The van der Waals surface area contributed by atoms with Crippen LogP contribution in [0.15, 0.2) is 33.7 Å². The van der Waals surface area contributed by atoms with Crippen LogP contribution in [0.3, 0.4) is 0 Å². The predicted molar refractivity (Wildman–Crippen MR) is 84.7 cm³/mol. The van der Waals surface area contributed by atoms with E-state index in [0.29, 0.717) is 11.3 Å². The minimum absolute atomic E-state index is 0.0642. The van der Waals surface area contributed by atoms with Gasteiger partial charge < -0.3 is 5.32 Å². The minimum Gasteiger partial charge on any atom is -0.346 e. The molecule has 1 heterocycles. The molecule has 3 rings (SSSR count). The Balaban J connectivity index is 1.74. The van der Waals surface area contributed by atoms with Crippen LogP contribution >= 0.6 is 15.9 Å². The van der Waals surface area contributed by atoms with Gasteiger partial charge in [0.05, 0.1) is 18.5 Å². The van der Waals surface area contributed by atoms with Crippen LogP contribution in [0.5, 0.6) is 0 Å². The summed E-state index contributed by atoms with van der Waals surface area (Å²) in [6.45, 7) is 0. The molecule has 0 saturated heterocycles. The Bertz CT molecular complexity index is 595. The molecule has 1 fully saturated rings. The molecule has 4 nitrogen and oxygen atoms in total. The first-order valence-electron chi connectivity index (χ1n) is 7.30. The summed E-state index contributed by atoms with van der Waals surface area (Å²) in [5.74, 6) is -0.241. The fourth-order valence-electron chi connectivity index (χ4n) is 2.96. The van der Waals surface area contributed by atoms with E-state index in [4.69, 9.17) is 0 Å². The van der Waals surface area contributed by atoms with Crippen LogP contribution in [0.25, 0.3) is 0 Å². The number of rotatable bonds is 3. The van der Waals surface area contributed by atoms with Crippen LogP contribution in [0, 0.1) is 0 Å². The van der Waals surface area contributed by atoms with E-state index in [2.05, 4.69) is 26.2 Å². The van der Waals surface area contributed by atoms with Crippen molar-refractivity contribution in [3.63, 3.8) is 0 Å². The summed E-state index contributed by atoms with van der Waals surface area (Å²) < 4.78 is 0.928. The molecule has 1 amide bonds.